The number of carbonyl (C=O) groups excluding carboxylic acids is 1. The molecule has 0 aliphatic carbocycles. The molecule has 0 aliphatic heterocycles. The number of nitrogens with two attached hydrogens (primary N) is 1. The summed E-state index contributed by atoms with van der Waals surface area (Å²) < 4.78 is 0. The highest BCUT2D eigenvalue weighted by Crippen LogP contribution is 2.07. The van der Waals surface area contributed by atoms with Crippen molar-refractivity contribution in [2.45, 2.75) is 26.3 Å². The number of pyridine rings is 1. The summed E-state index contributed by atoms with van der Waals surface area (Å²) in [4.78, 5) is 17.9. The maximum Gasteiger partial charge on any atom is 0.272 e. The fourth-order valence-corrected chi connectivity index (χ4v) is 1.40. The van der Waals surface area contributed by atoms with E-state index in [1.54, 1.807) is 30.3 Å². The maximum absolute atomic E-state index is 12.1. The SMILES string of the molecule is CCC(C)N(C)C(=O)c1ccc(C#CCN)cn1. The van der Waals surface area contributed by atoms with Crippen LogP contribution in [0.2, 0.25) is 0 Å². The van der Waals surface area contributed by atoms with E-state index in [-0.39, 0.29) is 11.9 Å². The molecule has 0 spiro atoms. The van der Waals surface area contributed by atoms with Crippen molar-refractivity contribution in [3.05, 3.63) is 29.6 Å². The Morgan fingerprint density at radius 3 is 2.78 bits per heavy atom. The lowest BCUT2D eigenvalue weighted by Crippen LogP contribution is -2.35. The van der Waals surface area contributed by atoms with Crippen molar-refractivity contribution in [1.82, 2.24) is 9.88 Å². The van der Waals surface area contributed by atoms with E-state index < -0.39 is 0 Å². The Bertz CT molecular complexity index is 456. The molecule has 1 atom stereocenters. The Labute approximate surface area is 108 Å². The number of aromatic nitrogens is 1. The predicted octanol–water partition coefficient (Wildman–Crippen LogP) is 1.26. The molecule has 0 fully saturated rings. The molecule has 1 rings (SSSR count). The highest BCUT2D eigenvalue weighted by molar-refractivity contribution is 5.92. The molecular weight excluding hydrogens is 226 g/mol. The average Bonchev–Trinajstić information content (AvgIpc) is 2.43. The summed E-state index contributed by atoms with van der Waals surface area (Å²) in [6.07, 6.45) is 2.52. The molecule has 0 aliphatic rings. The highest BCUT2D eigenvalue weighted by Gasteiger charge is 2.16. The van der Waals surface area contributed by atoms with Crippen LogP contribution < -0.4 is 5.73 Å². The van der Waals surface area contributed by atoms with Crippen molar-refractivity contribution in [3.8, 4) is 11.8 Å². The van der Waals surface area contributed by atoms with Gasteiger partial charge < -0.3 is 10.6 Å². The molecule has 1 unspecified atom stereocenters. The van der Waals surface area contributed by atoms with Crippen LogP contribution in [0.15, 0.2) is 18.3 Å². The molecule has 2 N–H and O–H groups in total. The Morgan fingerprint density at radius 2 is 2.28 bits per heavy atom. The molecule has 1 heterocycles. The van der Waals surface area contributed by atoms with E-state index in [9.17, 15) is 4.79 Å². The van der Waals surface area contributed by atoms with Gasteiger partial charge in [-0.2, -0.15) is 0 Å². The van der Waals surface area contributed by atoms with E-state index in [0.717, 1.165) is 12.0 Å². The van der Waals surface area contributed by atoms with Gasteiger partial charge in [0, 0.05) is 24.8 Å². The molecule has 0 saturated heterocycles. The average molecular weight is 245 g/mol. The number of rotatable bonds is 3. The number of amides is 1. The first-order valence-corrected chi connectivity index (χ1v) is 6.02. The van der Waals surface area contributed by atoms with Crippen LogP contribution in [0.25, 0.3) is 0 Å². The first kappa shape index (κ1) is 14.2. The summed E-state index contributed by atoms with van der Waals surface area (Å²) in [7, 11) is 1.79. The molecule has 1 amide bonds. The van der Waals surface area contributed by atoms with Gasteiger partial charge >= 0.3 is 0 Å². The van der Waals surface area contributed by atoms with Gasteiger partial charge in [0.25, 0.3) is 5.91 Å². The molecule has 0 aromatic carbocycles. The van der Waals surface area contributed by atoms with Crippen molar-refractivity contribution in [3.63, 3.8) is 0 Å². The molecule has 0 bridgehead atoms. The molecule has 0 radical (unpaired) electrons. The lowest BCUT2D eigenvalue weighted by molar-refractivity contribution is 0.0734. The highest BCUT2D eigenvalue weighted by atomic mass is 16.2. The van der Waals surface area contributed by atoms with Gasteiger partial charge in [0.2, 0.25) is 0 Å². The van der Waals surface area contributed by atoms with E-state index >= 15 is 0 Å². The minimum atomic E-state index is -0.0670. The van der Waals surface area contributed by atoms with Gasteiger partial charge in [-0.25, -0.2) is 4.98 Å². The topological polar surface area (TPSA) is 59.2 Å². The number of hydrogen-bond acceptors (Lipinski definition) is 3. The van der Waals surface area contributed by atoms with E-state index in [4.69, 9.17) is 5.73 Å². The lowest BCUT2D eigenvalue weighted by atomic mass is 10.2. The van der Waals surface area contributed by atoms with Gasteiger partial charge in [-0.3, -0.25) is 4.79 Å². The minimum absolute atomic E-state index is 0.0670. The summed E-state index contributed by atoms with van der Waals surface area (Å²) in [5, 5.41) is 0. The molecular formula is C14H19N3O. The van der Waals surface area contributed by atoms with Crippen LogP contribution in [0.3, 0.4) is 0 Å². The van der Waals surface area contributed by atoms with Crippen LogP contribution in [-0.2, 0) is 0 Å². The maximum atomic E-state index is 12.1. The van der Waals surface area contributed by atoms with Gasteiger partial charge in [-0.15, -0.1) is 0 Å². The van der Waals surface area contributed by atoms with Crippen molar-refractivity contribution < 1.29 is 4.79 Å². The van der Waals surface area contributed by atoms with Crippen molar-refractivity contribution >= 4 is 5.91 Å². The van der Waals surface area contributed by atoms with Crippen molar-refractivity contribution in [1.29, 1.82) is 0 Å². The molecule has 96 valence electrons. The van der Waals surface area contributed by atoms with E-state index in [1.807, 2.05) is 13.8 Å². The van der Waals surface area contributed by atoms with Gasteiger partial charge in [0.05, 0.1) is 6.54 Å². The summed E-state index contributed by atoms with van der Waals surface area (Å²) in [5.74, 6) is 5.55. The predicted molar refractivity (Wildman–Crippen MR) is 72.0 cm³/mol. The van der Waals surface area contributed by atoms with Crippen LogP contribution >= 0.6 is 0 Å². The number of carbonyl (C=O) groups is 1. The molecule has 1 aromatic rings. The zero-order chi connectivity index (χ0) is 13.5. The second-order valence-electron chi connectivity index (χ2n) is 4.11. The fourth-order valence-electron chi connectivity index (χ4n) is 1.40. The third-order valence-corrected chi connectivity index (χ3v) is 2.89. The van der Waals surface area contributed by atoms with E-state index in [1.165, 1.54) is 0 Å². The Hall–Kier alpha value is -1.86. The van der Waals surface area contributed by atoms with Crippen LogP contribution in [0, 0.1) is 11.8 Å². The Balaban J connectivity index is 2.82. The Morgan fingerprint density at radius 1 is 1.56 bits per heavy atom. The molecule has 18 heavy (non-hydrogen) atoms. The number of nitrogens with zero attached hydrogens (tertiary/aromatic N) is 2. The van der Waals surface area contributed by atoms with Gasteiger partial charge in [-0.05, 0) is 25.5 Å². The zero-order valence-corrected chi connectivity index (χ0v) is 11.1. The monoisotopic (exact) mass is 245 g/mol. The third-order valence-electron chi connectivity index (χ3n) is 2.89. The van der Waals surface area contributed by atoms with Crippen LogP contribution in [-0.4, -0.2) is 35.4 Å². The fraction of sp³-hybridized carbons (Fsp3) is 0.429. The van der Waals surface area contributed by atoms with Crippen LogP contribution in [0.4, 0.5) is 0 Å². The molecule has 0 saturated carbocycles. The van der Waals surface area contributed by atoms with Crippen molar-refractivity contribution in [2.75, 3.05) is 13.6 Å². The summed E-state index contributed by atoms with van der Waals surface area (Å²) in [6.45, 7) is 4.38. The van der Waals surface area contributed by atoms with E-state index in [2.05, 4.69) is 16.8 Å². The standard InChI is InChI=1S/C14H19N3O/c1-4-11(2)17(3)14(18)13-8-7-12(10-16-13)6-5-9-15/h7-8,10-11H,4,9,15H2,1-3H3. The van der Waals surface area contributed by atoms with Gasteiger partial charge in [0.1, 0.15) is 5.69 Å². The van der Waals surface area contributed by atoms with Crippen molar-refractivity contribution in [2.24, 2.45) is 5.73 Å². The second-order valence-corrected chi connectivity index (χ2v) is 4.11. The molecule has 4 nitrogen and oxygen atoms in total. The van der Waals surface area contributed by atoms with Crippen LogP contribution in [0.1, 0.15) is 36.3 Å². The Kier molecular flexibility index (Phi) is 5.34. The normalized spacial score (nSPS) is 11.3. The largest absolute Gasteiger partial charge is 0.338 e. The van der Waals surface area contributed by atoms with Crippen LogP contribution in [0.5, 0.6) is 0 Å². The summed E-state index contributed by atoms with van der Waals surface area (Å²) >= 11 is 0. The third kappa shape index (κ3) is 3.57. The van der Waals surface area contributed by atoms with E-state index in [0.29, 0.717) is 12.2 Å². The molecule has 1 aromatic heterocycles. The zero-order valence-electron chi connectivity index (χ0n) is 11.1. The summed E-state index contributed by atoms with van der Waals surface area (Å²) in [5.41, 5.74) is 6.50. The van der Waals surface area contributed by atoms with Gasteiger partial charge in [-0.1, -0.05) is 18.8 Å². The number of hydrogen-bond donors (Lipinski definition) is 1. The second kappa shape index (κ2) is 6.77. The quantitative estimate of drug-likeness (QED) is 0.816. The first-order chi connectivity index (χ1) is 8.60. The summed E-state index contributed by atoms with van der Waals surface area (Å²) in [6, 6.07) is 3.69. The first-order valence-electron chi connectivity index (χ1n) is 6.02. The molecule has 4 heteroatoms. The van der Waals surface area contributed by atoms with Gasteiger partial charge in [0.15, 0.2) is 0 Å². The minimum Gasteiger partial charge on any atom is -0.338 e. The lowest BCUT2D eigenvalue weighted by Gasteiger charge is -2.23. The smallest absolute Gasteiger partial charge is 0.272 e.